The fourth-order valence-electron chi connectivity index (χ4n) is 2.91. The second kappa shape index (κ2) is 5.92. The number of rotatable bonds is 3. The maximum absolute atomic E-state index is 12.4. The number of thioether (sulfide) groups is 1. The number of aryl methyl sites for hydroxylation is 1. The first-order valence-electron chi connectivity index (χ1n) is 7.60. The summed E-state index contributed by atoms with van der Waals surface area (Å²) in [4.78, 5) is 22.3. The molecule has 6 heteroatoms. The molecule has 2 heterocycles. The third-order valence-electron chi connectivity index (χ3n) is 4.22. The maximum Gasteiger partial charge on any atom is 0.258 e. The summed E-state index contributed by atoms with van der Waals surface area (Å²) in [7, 11) is 3.67. The van der Waals surface area contributed by atoms with Crippen molar-refractivity contribution in [3.05, 3.63) is 45.0 Å². The first-order chi connectivity index (χ1) is 10.9. The highest BCUT2D eigenvalue weighted by Crippen LogP contribution is 2.42. The van der Waals surface area contributed by atoms with E-state index in [4.69, 9.17) is 9.72 Å². The second-order valence-corrected chi connectivity index (χ2v) is 6.99. The lowest BCUT2D eigenvalue weighted by Gasteiger charge is -2.25. The zero-order chi connectivity index (χ0) is 16.7. The van der Waals surface area contributed by atoms with Crippen LogP contribution in [0.1, 0.15) is 30.6 Å². The molecule has 0 saturated heterocycles. The van der Waals surface area contributed by atoms with E-state index in [-0.39, 0.29) is 10.9 Å². The Morgan fingerprint density at radius 2 is 2.13 bits per heavy atom. The molecular weight excluding hydrogens is 310 g/mol. The number of nitrogens with zero attached hydrogens (tertiary/aromatic N) is 2. The first kappa shape index (κ1) is 15.9. The number of aromatic amines is 1. The highest BCUT2D eigenvalue weighted by Gasteiger charge is 2.29. The van der Waals surface area contributed by atoms with Crippen LogP contribution in [0.3, 0.4) is 0 Å². The van der Waals surface area contributed by atoms with Gasteiger partial charge >= 0.3 is 0 Å². The predicted molar refractivity (Wildman–Crippen MR) is 94.7 cm³/mol. The standard InChI is InChI=1S/C17H21N3O2S/c1-9(2)12-8-23-17(20(12)4)15-18-14-10(3)13(22-5)7-6-11(14)16(21)19-15/h6-9,17H,1-5H3,(H,18,19,21). The van der Waals surface area contributed by atoms with E-state index in [1.54, 1.807) is 24.9 Å². The zero-order valence-electron chi connectivity index (χ0n) is 14.0. The maximum atomic E-state index is 12.4. The molecule has 23 heavy (non-hydrogen) atoms. The molecule has 1 aliphatic heterocycles. The number of aromatic nitrogens is 2. The Morgan fingerprint density at radius 3 is 2.74 bits per heavy atom. The van der Waals surface area contributed by atoms with Gasteiger partial charge in [0.15, 0.2) is 0 Å². The molecule has 3 rings (SSSR count). The van der Waals surface area contributed by atoms with Crippen molar-refractivity contribution in [1.82, 2.24) is 14.9 Å². The van der Waals surface area contributed by atoms with Crippen molar-refractivity contribution >= 4 is 22.7 Å². The van der Waals surface area contributed by atoms with Gasteiger partial charge < -0.3 is 14.6 Å². The van der Waals surface area contributed by atoms with Gasteiger partial charge in [-0.1, -0.05) is 25.6 Å². The van der Waals surface area contributed by atoms with Gasteiger partial charge in [-0.2, -0.15) is 0 Å². The Balaban J connectivity index is 2.10. The first-order valence-corrected chi connectivity index (χ1v) is 8.54. The molecule has 0 bridgehead atoms. The van der Waals surface area contributed by atoms with Gasteiger partial charge in [-0.25, -0.2) is 4.98 Å². The largest absolute Gasteiger partial charge is 0.496 e. The normalized spacial score (nSPS) is 17.9. The molecule has 1 unspecified atom stereocenters. The molecule has 0 fully saturated rings. The number of ether oxygens (including phenoxy) is 1. The minimum atomic E-state index is -0.109. The number of hydrogen-bond donors (Lipinski definition) is 1. The Labute approximate surface area is 139 Å². The Bertz CT molecular complexity index is 842. The van der Waals surface area contributed by atoms with Crippen molar-refractivity contribution in [2.45, 2.75) is 26.1 Å². The molecule has 0 aliphatic carbocycles. The van der Waals surface area contributed by atoms with E-state index in [0.717, 1.165) is 11.3 Å². The molecule has 1 aliphatic rings. The molecule has 0 saturated carbocycles. The van der Waals surface area contributed by atoms with Crippen molar-refractivity contribution in [1.29, 1.82) is 0 Å². The van der Waals surface area contributed by atoms with Gasteiger partial charge in [0.25, 0.3) is 5.56 Å². The number of allylic oxidation sites excluding steroid dienone is 1. The summed E-state index contributed by atoms with van der Waals surface area (Å²) in [5.41, 5.74) is 2.74. The van der Waals surface area contributed by atoms with E-state index in [1.165, 1.54) is 5.70 Å². The summed E-state index contributed by atoms with van der Waals surface area (Å²) in [6.45, 7) is 6.26. The molecule has 1 N–H and O–H groups in total. The monoisotopic (exact) mass is 331 g/mol. The smallest absolute Gasteiger partial charge is 0.258 e. The van der Waals surface area contributed by atoms with Crippen molar-refractivity contribution in [3.63, 3.8) is 0 Å². The van der Waals surface area contributed by atoms with Crippen molar-refractivity contribution < 1.29 is 4.74 Å². The van der Waals surface area contributed by atoms with Crippen LogP contribution in [-0.4, -0.2) is 29.0 Å². The topological polar surface area (TPSA) is 58.2 Å². The van der Waals surface area contributed by atoms with Crippen LogP contribution in [-0.2, 0) is 0 Å². The van der Waals surface area contributed by atoms with Gasteiger partial charge in [-0.3, -0.25) is 4.79 Å². The molecule has 5 nitrogen and oxygen atoms in total. The van der Waals surface area contributed by atoms with E-state index in [0.29, 0.717) is 22.6 Å². The van der Waals surface area contributed by atoms with Crippen LogP contribution < -0.4 is 10.3 Å². The van der Waals surface area contributed by atoms with E-state index in [2.05, 4.69) is 29.1 Å². The average molecular weight is 331 g/mol. The summed E-state index contributed by atoms with van der Waals surface area (Å²) in [6.07, 6.45) is 0. The lowest BCUT2D eigenvalue weighted by atomic mass is 10.1. The zero-order valence-corrected chi connectivity index (χ0v) is 14.8. The molecule has 1 aromatic carbocycles. The third-order valence-corrected chi connectivity index (χ3v) is 5.40. The molecule has 0 spiro atoms. The number of nitrogens with one attached hydrogen (secondary N) is 1. The van der Waals surface area contributed by atoms with E-state index >= 15 is 0 Å². The van der Waals surface area contributed by atoms with Gasteiger partial charge in [0, 0.05) is 18.3 Å². The molecule has 2 aromatic rings. The summed E-state index contributed by atoms with van der Waals surface area (Å²) in [5, 5.41) is 2.74. The predicted octanol–water partition coefficient (Wildman–Crippen LogP) is 3.41. The minimum Gasteiger partial charge on any atom is -0.496 e. The molecular formula is C17H21N3O2S. The molecule has 0 radical (unpaired) electrons. The van der Waals surface area contributed by atoms with Crippen molar-refractivity contribution in [2.24, 2.45) is 5.92 Å². The van der Waals surface area contributed by atoms with E-state index in [9.17, 15) is 4.79 Å². The van der Waals surface area contributed by atoms with Crippen LogP contribution in [0.15, 0.2) is 28.0 Å². The Morgan fingerprint density at radius 1 is 1.39 bits per heavy atom. The number of H-pyrrole nitrogens is 1. The van der Waals surface area contributed by atoms with Gasteiger partial charge in [0.2, 0.25) is 0 Å². The van der Waals surface area contributed by atoms with Crippen molar-refractivity contribution in [3.8, 4) is 5.75 Å². The Hall–Kier alpha value is -1.95. The van der Waals surface area contributed by atoms with Crippen LogP contribution in [0.2, 0.25) is 0 Å². The molecule has 122 valence electrons. The van der Waals surface area contributed by atoms with E-state index < -0.39 is 0 Å². The van der Waals surface area contributed by atoms with Gasteiger partial charge in [-0.15, -0.1) is 0 Å². The average Bonchev–Trinajstić information content (AvgIpc) is 2.90. The Kier molecular flexibility index (Phi) is 4.10. The van der Waals surface area contributed by atoms with Crippen LogP contribution in [0.4, 0.5) is 0 Å². The highest BCUT2D eigenvalue weighted by atomic mass is 32.2. The minimum absolute atomic E-state index is 0.00454. The number of benzene rings is 1. The molecule has 0 amide bonds. The molecule has 1 atom stereocenters. The van der Waals surface area contributed by atoms with Crippen LogP contribution in [0.5, 0.6) is 5.75 Å². The summed E-state index contributed by atoms with van der Waals surface area (Å²) >= 11 is 1.67. The quantitative estimate of drug-likeness (QED) is 0.934. The van der Waals surface area contributed by atoms with Gasteiger partial charge in [0.1, 0.15) is 16.9 Å². The van der Waals surface area contributed by atoms with Crippen LogP contribution >= 0.6 is 11.8 Å². The SMILES string of the molecule is COc1ccc2c(=O)[nH]c(C3SC=C(C(C)C)N3C)nc2c1C. The fraction of sp³-hybridized carbons (Fsp3) is 0.412. The summed E-state index contributed by atoms with van der Waals surface area (Å²) in [5.74, 6) is 1.86. The van der Waals surface area contributed by atoms with Gasteiger partial charge in [-0.05, 0) is 30.4 Å². The third kappa shape index (κ3) is 2.61. The highest BCUT2D eigenvalue weighted by molar-refractivity contribution is 8.02. The number of fused-ring (bicyclic) bond motifs is 1. The summed E-state index contributed by atoms with van der Waals surface area (Å²) in [6, 6.07) is 3.57. The van der Waals surface area contributed by atoms with Crippen molar-refractivity contribution in [2.75, 3.05) is 14.2 Å². The summed E-state index contributed by atoms with van der Waals surface area (Å²) < 4.78 is 5.35. The molecule has 1 aromatic heterocycles. The number of methoxy groups -OCH3 is 1. The lowest BCUT2D eigenvalue weighted by Crippen LogP contribution is -2.24. The van der Waals surface area contributed by atoms with Crippen LogP contribution in [0.25, 0.3) is 10.9 Å². The van der Waals surface area contributed by atoms with E-state index in [1.807, 2.05) is 20.0 Å². The fourth-order valence-corrected chi connectivity index (χ4v) is 4.17. The van der Waals surface area contributed by atoms with Crippen LogP contribution in [0, 0.1) is 12.8 Å². The second-order valence-electron chi connectivity index (χ2n) is 6.04. The number of hydrogen-bond acceptors (Lipinski definition) is 5. The van der Waals surface area contributed by atoms with Gasteiger partial charge in [0.05, 0.1) is 18.0 Å². The lowest BCUT2D eigenvalue weighted by molar-refractivity contribution is 0.360.